The predicted octanol–water partition coefficient (Wildman–Crippen LogP) is 2.75. The summed E-state index contributed by atoms with van der Waals surface area (Å²) >= 11 is 0. The van der Waals surface area contributed by atoms with Crippen molar-refractivity contribution in [3.8, 4) is 0 Å². The van der Waals surface area contributed by atoms with Crippen LogP contribution in [-0.2, 0) is 0 Å². The zero-order valence-electron chi connectivity index (χ0n) is 8.91. The van der Waals surface area contributed by atoms with Crippen LogP contribution in [0.25, 0.3) is 16.5 Å². The molecule has 0 unspecified atom stereocenters. The first-order valence-electron chi connectivity index (χ1n) is 5.52. The summed E-state index contributed by atoms with van der Waals surface area (Å²) in [5, 5.41) is 4.26. The topological polar surface area (TPSA) is 17.0 Å². The summed E-state index contributed by atoms with van der Waals surface area (Å²) in [5.74, 6) is 0. The molecule has 0 fully saturated rings. The van der Waals surface area contributed by atoms with Gasteiger partial charge in [0.15, 0.2) is 0 Å². The van der Waals surface area contributed by atoms with Crippen molar-refractivity contribution in [3.63, 3.8) is 0 Å². The van der Waals surface area contributed by atoms with Gasteiger partial charge >= 0.3 is 0 Å². The van der Waals surface area contributed by atoms with Gasteiger partial charge in [0.2, 0.25) is 0 Å². The van der Waals surface area contributed by atoms with Crippen LogP contribution in [0, 0.1) is 0 Å². The average Bonchev–Trinajstić information content (AvgIpc) is 2.69. The minimum absolute atomic E-state index is 0.650. The lowest BCUT2D eigenvalue weighted by Crippen LogP contribution is -2.19. The van der Waals surface area contributed by atoms with Gasteiger partial charge in [-0.15, -0.1) is 0 Å². The number of nitrogens with zero attached hydrogens (tertiary/aromatic N) is 1. The van der Waals surface area contributed by atoms with E-state index in [1.54, 1.807) is 12.3 Å². The van der Waals surface area contributed by atoms with Gasteiger partial charge in [0.05, 0.1) is 5.52 Å². The highest BCUT2D eigenvalue weighted by molar-refractivity contribution is 5.93. The van der Waals surface area contributed by atoms with Crippen molar-refractivity contribution in [3.05, 3.63) is 42.1 Å². The number of halogens is 1. The highest BCUT2D eigenvalue weighted by atomic mass is 19.2. The van der Waals surface area contributed by atoms with Crippen LogP contribution in [0.4, 0.5) is 4.48 Å². The molecule has 0 aliphatic carbocycles. The van der Waals surface area contributed by atoms with E-state index in [4.69, 9.17) is 0 Å². The Hall–Kier alpha value is -1.61. The molecular formula is C13H13FN2. The SMILES string of the molecule is Fn1cc(C2=CCNCC2)c2ccccc21. The summed E-state index contributed by atoms with van der Waals surface area (Å²) in [4.78, 5) is 0.716. The molecule has 1 aliphatic heterocycles. The summed E-state index contributed by atoms with van der Waals surface area (Å²) in [6.07, 6.45) is 4.70. The van der Waals surface area contributed by atoms with E-state index in [-0.39, 0.29) is 0 Å². The van der Waals surface area contributed by atoms with Gasteiger partial charge < -0.3 is 5.32 Å². The molecule has 1 aliphatic rings. The Morgan fingerprint density at radius 2 is 2.12 bits per heavy atom. The van der Waals surface area contributed by atoms with Gasteiger partial charge in [0.25, 0.3) is 0 Å². The third-order valence-corrected chi connectivity index (χ3v) is 3.08. The first-order valence-corrected chi connectivity index (χ1v) is 5.52. The number of nitrogens with one attached hydrogen (secondary N) is 1. The van der Waals surface area contributed by atoms with E-state index in [9.17, 15) is 4.48 Å². The summed E-state index contributed by atoms with van der Waals surface area (Å²) in [6.45, 7) is 1.85. The Balaban J connectivity index is 2.20. The van der Waals surface area contributed by atoms with Gasteiger partial charge in [-0.3, -0.25) is 0 Å². The van der Waals surface area contributed by atoms with Crippen molar-refractivity contribution < 1.29 is 4.48 Å². The molecular weight excluding hydrogens is 203 g/mol. The summed E-state index contributed by atoms with van der Waals surface area (Å²) < 4.78 is 13.6. The zero-order chi connectivity index (χ0) is 11.0. The molecule has 16 heavy (non-hydrogen) atoms. The maximum absolute atomic E-state index is 13.6. The molecule has 3 heteroatoms. The average molecular weight is 216 g/mol. The molecule has 0 amide bonds. The van der Waals surface area contributed by atoms with Crippen LogP contribution in [-0.4, -0.2) is 17.9 Å². The second kappa shape index (κ2) is 3.76. The van der Waals surface area contributed by atoms with Crippen molar-refractivity contribution in [2.75, 3.05) is 13.1 Å². The van der Waals surface area contributed by atoms with E-state index in [1.807, 2.05) is 18.2 Å². The molecule has 1 N–H and O–H groups in total. The lowest BCUT2D eigenvalue weighted by atomic mass is 10.00. The molecule has 0 bridgehead atoms. The lowest BCUT2D eigenvalue weighted by Gasteiger charge is -2.12. The van der Waals surface area contributed by atoms with Gasteiger partial charge in [0, 0.05) is 23.7 Å². The van der Waals surface area contributed by atoms with Crippen LogP contribution in [0.15, 0.2) is 36.5 Å². The Bertz CT molecular complexity index is 554. The molecule has 0 saturated heterocycles. The van der Waals surface area contributed by atoms with E-state index in [2.05, 4.69) is 11.4 Å². The maximum Gasteiger partial charge on any atom is 0.0819 e. The van der Waals surface area contributed by atoms with Crippen molar-refractivity contribution in [2.24, 2.45) is 0 Å². The normalized spacial score (nSPS) is 16.4. The fourth-order valence-corrected chi connectivity index (χ4v) is 2.26. The maximum atomic E-state index is 13.6. The Morgan fingerprint density at radius 1 is 1.25 bits per heavy atom. The molecule has 3 rings (SSSR count). The van der Waals surface area contributed by atoms with Crippen LogP contribution in [0.3, 0.4) is 0 Å². The van der Waals surface area contributed by atoms with E-state index in [0.717, 1.165) is 30.5 Å². The van der Waals surface area contributed by atoms with Crippen molar-refractivity contribution in [2.45, 2.75) is 6.42 Å². The molecule has 2 heterocycles. The molecule has 1 aromatic heterocycles. The zero-order valence-corrected chi connectivity index (χ0v) is 8.91. The Labute approximate surface area is 93.3 Å². The third kappa shape index (κ3) is 1.44. The van der Waals surface area contributed by atoms with Gasteiger partial charge in [-0.1, -0.05) is 28.8 Å². The number of hydrogen-bond acceptors (Lipinski definition) is 1. The fraction of sp³-hybridized carbons (Fsp3) is 0.231. The van der Waals surface area contributed by atoms with Crippen LogP contribution in [0.2, 0.25) is 0 Å². The van der Waals surface area contributed by atoms with E-state index >= 15 is 0 Å². The van der Waals surface area contributed by atoms with Crippen molar-refractivity contribution in [1.29, 1.82) is 0 Å². The number of para-hydroxylation sites is 1. The first-order chi connectivity index (χ1) is 7.86. The van der Waals surface area contributed by atoms with E-state index in [0.29, 0.717) is 10.3 Å². The summed E-state index contributed by atoms with van der Waals surface area (Å²) in [7, 11) is 0. The molecule has 0 spiro atoms. The second-order valence-electron chi connectivity index (χ2n) is 4.05. The van der Waals surface area contributed by atoms with E-state index in [1.165, 1.54) is 5.57 Å². The molecule has 0 radical (unpaired) electrons. The smallest absolute Gasteiger partial charge is 0.0819 e. The van der Waals surface area contributed by atoms with Crippen molar-refractivity contribution in [1.82, 2.24) is 10.1 Å². The Morgan fingerprint density at radius 3 is 2.94 bits per heavy atom. The van der Waals surface area contributed by atoms with Gasteiger partial charge in [-0.05, 0) is 24.6 Å². The second-order valence-corrected chi connectivity index (χ2v) is 4.05. The quantitative estimate of drug-likeness (QED) is 0.775. The molecule has 0 atom stereocenters. The van der Waals surface area contributed by atoms with Crippen LogP contribution < -0.4 is 5.32 Å². The number of rotatable bonds is 1. The largest absolute Gasteiger partial charge is 0.313 e. The van der Waals surface area contributed by atoms with Crippen molar-refractivity contribution >= 4 is 16.5 Å². The first kappa shape index (κ1) is 9.60. The minimum Gasteiger partial charge on any atom is -0.313 e. The molecule has 2 nitrogen and oxygen atoms in total. The van der Waals surface area contributed by atoms with Crippen LogP contribution >= 0.6 is 0 Å². The predicted molar refractivity (Wildman–Crippen MR) is 63.9 cm³/mol. The monoisotopic (exact) mass is 216 g/mol. The van der Waals surface area contributed by atoms with Gasteiger partial charge in [0.1, 0.15) is 0 Å². The Kier molecular flexibility index (Phi) is 2.26. The van der Waals surface area contributed by atoms with E-state index < -0.39 is 0 Å². The van der Waals surface area contributed by atoms with Crippen LogP contribution in [0.1, 0.15) is 12.0 Å². The standard InChI is InChI=1S/C13H13FN2/c14-16-9-12(10-5-7-15-8-6-10)11-3-1-2-4-13(11)16/h1-5,9,15H,6-8H2. The van der Waals surface area contributed by atoms with Gasteiger partial charge in [-0.2, -0.15) is 4.79 Å². The molecule has 82 valence electrons. The highest BCUT2D eigenvalue weighted by Crippen LogP contribution is 2.29. The highest BCUT2D eigenvalue weighted by Gasteiger charge is 2.13. The summed E-state index contributed by atoms with van der Waals surface area (Å²) in [6, 6.07) is 7.59. The van der Waals surface area contributed by atoms with Gasteiger partial charge in [-0.25, -0.2) is 0 Å². The molecule has 2 aromatic rings. The number of aromatic nitrogens is 1. The van der Waals surface area contributed by atoms with Crippen LogP contribution in [0.5, 0.6) is 0 Å². The third-order valence-electron chi connectivity index (χ3n) is 3.08. The number of fused-ring (bicyclic) bond motifs is 1. The molecule has 0 saturated carbocycles. The number of benzene rings is 1. The molecule has 1 aromatic carbocycles. The fourth-order valence-electron chi connectivity index (χ4n) is 2.26. The summed E-state index contributed by atoms with van der Waals surface area (Å²) in [5.41, 5.74) is 2.92. The lowest BCUT2D eigenvalue weighted by molar-refractivity contribution is 0.388. The number of hydrogen-bond donors (Lipinski definition) is 1. The minimum atomic E-state index is 0.650.